The number of hydrogen-bond donors (Lipinski definition) is 1. The lowest BCUT2D eigenvalue weighted by atomic mass is 10.1. The molecule has 3 heterocycles. The monoisotopic (exact) mass is 474 g/mol. The number of sulfonamides is 1. The van der Waals surface area contributed by atoms with E-state index in [4.69, 9.17) is 9.72 Å². The fourth-order valence-corrected chi connectivity index (χ4v) is 5.55. The van der Waals surface area contributed by atoms with E-state index in [1.807, 2.05) is 20.9 Å². The van der Waals surface area contributed by atoms with Gasteiger partial charge in [-0.05, 0) is 38.6 Å². The smallest absolute Gasteiger partial charge is 0.243 e. The van der Waals surface area contributed by atoms with Crippen molar-refractivity contribution in [3.8, 4) is 28.5 Å². The third-order valence-corrected chi connectivity index (χ3v) is 7.92. The highest BCUT2D eigenvalue weighted by Crippen LogP contribution is 2.37. The van der Waals surface area contributed by atoms with Gasteiger partial charge in [0.1, 0.15) is 23.0 Å². The molecule has 0 spiro atoms. The van der Waals surface area contributed by atoms with Gasteiger partial charge in [0, 0.05) is 33.2 Å². The number of rotatable bonds is 7. The summed E-state index contributed by atoms with van der Waals surface area (Å²) in [4.78, 5) is 7.00. The van der Waals surface area contributed by atoms with Crippen molar-refractivity contribution < 1.29 is 18.3 Å². The first-order valence-corrected chi connectivity index (χ1v) is 12.5. The summed E-state index contributed by atoms with van der Waals surface area (Å²) in [6, 6.07) is 4.86. The van der Waals surface area contributed by atoms with Crippen molar-refractivity contribution in [3.63, 3.8) is 0 Å². The molecule has 0 amide bonds. The van der Waals surface area contributed by atoms with Crippen molar-refractivity contribution >= 4 is 10.0 Å². The first-order valence-electron chi connectivity index (χ1n) is 11.1. The molecule has 1 saturated heterocycles. The predicted octanol–water partition coefficient (Wildman–Crippen LogP) is 1.76. The molecule has 1 N–H and O–H groups in total. The molecule has 0 saturated carbocycles. The maximum absolute atomic E-state index is 13.4. The van der Waals surface area contributed by atoms with Gasteiger partial charge in [0.2, 0.25) is 10.0 Å². The van der Waals surface area contributed by atoms with Crippen LogP contribution in [0.4, 0.5) is 0 Å². The lowest BCUT2D eigenvalue weighted by Gasteiger charge is -2.31. The quantitative estimate of drug-likeness (QED) is 0.551. The third-order valence-electron chi connectivity index (χ3n) is 6.02. The molecule has 1 aromatic rings. The van der Waals surface area contributed by atoms with Crippen LogP contribution in [0.1, 0.15) is 32.1 Å². The van der Waals surface area contributed by atoms with E-state index in [1.165, 1.54) is 10.5 Å². The number of piperazine rings is 1. The maximum Gasteiger partial charge on any atom is 0.243 e. The van der Waals surface area contributed by atoms with Crippen molar-refractivity contribution in [2.75, 3.05) is 39.8 Å². The number of aromatic nitrogens is 4. The van der Waals surface area contributed by atoms with Crippen LogP contribution in [0.15, 0.2) is 29.3 Å². The summed E-state index contributed by atoms with van der Waals surface area (Å²) < 4.78 is 35.9. The van der Waals surface area contributed by atoms with E-state index in [1.54, 1.807) is 29.8 Å². The number of likely N-dealkylation sites (N-methyl/N-ethyl adjacent to an activating group) is 1. The van der Waals surface area contributed by atoms with Crippen LogP contribution in [-0.4, -0.2) is 82.3 Å². The van der Waals surface area contributed by atoms with Crippen LogP contribution >= 0.6 is 0 Å². The Hall–Kier alpha value is -2.60. The number of ether oxygens (including phenoxy) is 1. The summed E-state index contributed by atoms with van der Waals surface area (Å²) in [6.07, 6.45) is 1.24. The first-order chi connectivity index (χ1) is 15.8. The number of fused-ring (bicyclic) bond motifs is 1. The molecule has 3 aliphatic heterocycles. The lowest BCUT2D eigenvalue weighted by Crippen LogP contribution is -2.47. The Morgan fingerprint density at radius 1 is 1.15 bits per heavy atom. The standard InChI is InChI=1S/C22H30N6O4S/c1-5-18(29)21-20-17(14-23-25-20)24-22(27(21)4)16-13-15(7-8-19(16)32-6-2)33(30,31)28-11-9-26(3)10-12-28/h7-8,13-14,18,29H,5-6,9-12H2,1-4H3. The van der Waals surface area contributed by atoms with Crippen molar-refractivity contribution in [1.29, 1.82) is 0 Å². The molecule has 33 heavy (non-hydrogen) atoms. The number of hydrogen-bond acceptors (Lipinski definition) is 8. The zero-order valence-corrected chi connectivity index (χ0v) is 20.2. The molecule has 0 aromatic heterocycles. The topological polar surface area (TPSA) is 114 Å². The van der Waals surface area contributed by atoms with Crippen LogP contribution in [0.25, 0.3) is 22.8 Å². The van der Waals surface area contributed by atoms with E-state index in [2.05, 4.69) is 15.1 Å². The zero-order valence-electron chi connectivity index (χ0n) is 19.4. The molecule has 4 rings (SSSR count). The summed E-state index contributed by atoms with van der Waals surface area (Å²) in [6.45, 7) is 6.41. The number of nitrogens with zero attached hydrogens (tertiary/aromatic N) is 6. The van der Waals surface area contributed by atoms with Gasteiger partial charge in [0.25, 0.3) is 0 Å². The SMILES string of the molecule is CCOc1ccc(S(=O)(=O)N2CCN(C)CC2)cc1-c1nc2cnnc-2c(C(O)CC)n1C. The Morgan fingerprint density at radius 3 is 2.55 bits per heavy atom. The average Bonchev–Trinajstić information content (AvgIpc) is 3.27. The van der Waals surface area contributed by atoms with Crippen LogP contribution < -0.4 is 4.74 Å². The van der Waals surface area contributed by atoms with Gasteiger partial charge in [0.05, 0.1) is 35.1 Å². The average molecular weight is 475 g/mol. The van der Waals surface area contributed by atoms with Gasteiger partial charge in [-0.3, -0.25) is 0 Å². The van der Waals surface area contributed by atoms with Crippen LogP contribution in [0, 0.1) is 0 Å². The fraction of sp³-hybridized carbons (Fsp3) is 0.500. The number of aliphatic hydroxyl groups is 1. The lowest BCUT2D eigenvalue weighted by molar-refractivity contribution is 0.165. The summed E-state index contributed by atoms with van der Waals surface area (Å²) in [7, 11) is 0.0790. The Bertz CT molecular complexity index is 1200. The van der Waals surface area contributed by atoms with Crippen molar-refractivity contribution in [2.45, 2.75) is 31.3 Å². The van der Waals surface area contributed by atoms with Crippen LogP contribution in [0.5, 0.6) is 5.75 Å². The van der Waals surface area contributed by atoms with E-state index in [0.29, 0.717) is 73.4 Å². The largest absolute Gasteiger partial charge is 0.493 e. The van der Waals surface area contributed by atoms with Gasteiger partial charge in [0.15, 0.2) is 0 Å². The summed E-state index contributed by atoms with van der Waals surface area (Å²) in [5, 5.41) is 18.8. The van der Waals surface area contributed by atoms with E-state index >= 15 is 0 Å². The van der Waals surface area contributed by atoms with Gasteiger partial charge in [-0.2, -0.15) is 9.40 Å². The van der Waals surface area contributed by atoms with E-state index < -0.39 is 16.1 Å². The minimum atomic E-state index is -3.68. The molecule has 1 aromatic carbocycles. The van der Waals surface area contributed by atoms with Gasteiger partial charge in [-0.25, -0.2) is 13.4 Å². The molecule has 178 valence electrons. The van der Waals surface area contributed by atoms with E-state index in [-0.39, 0.29) is 4.90 Å². The molecule has 0 aliphatic carbocycles. The van der Waals surface area contributed by atoms with Crippen molar-refractivity contribution in [1.82, 2.24) is 29.0 Å². The molecule has 3 aliphatic rings. The molecule has 1 unspecified atom stereocenters. The van der Waals surface area contributed by atoms with Crippen molar-refractivity contribution in [2.24, 2.45) is 7.05 Å². The molecular weight excluding hydrogens is 444 g/mol. The second-order valence-corrected chi connectivity index (χ2v) is 10.1. The highest BCUT2D eigenvalue weighted by molar-refractivity contribution is 7.89. The Balaban J connectivity index is 1.88. The fourth-order valence-electron chi connectivity index (χ4n) is 4.10. The van der Waals surface area contributed by atoms with E-state index in [0.717, 1.165) is 0 Å². The van der Waals surface area contributed by atoms with Crippen LogP contribution in [0.2, 0.25) is 0 Å². The second-order valence-electron chi connectivity index (χ2n) is 8.18. The molecule has 0 radical (unpaired) electrons. The molecule has 1 fully saturated rings. The van der Waals surface area contributed by atoms with Crippen LogP contribution in [-0.2, 0) is 17.1 Å². The van der Waals surface area contributed by atoms with Gasteiger partial charge < -0.3 is 19.3 Å². The van der Waals surface area contributed by atoms with E-state index in [9.17, 15) is 13.5 Å². The highest BCUT2D eigenvalue weighted by Gasteiger charge is 2.30. The van der Waals surface area contributed by atoms with Crippen molar-refractivity contribution in [3.05, 3.63) is 30.1 Å². The molecule has 1 atom stereocenters. The maximum atomic E-state index is 13.4. The number of benzene rings is 1. The van der Waals surface area contributed by atoms with Crippen LogP contribution in [0.3, 0.4) is 0 Å². The summed E-state index contributed by atoms with van der Waals surface area (Å²) in [5.41, 5.74) is 2.15. The Kier molecular flexibility index (Phi) is 6.66. The molecular formula is C22H30N6O4S. The zero-order chi connectivity index (χ0) is 23.8. The first kappa shape index (κ1) is 23.6. The highest BCUT2D eigenvalue weighted by atomic mass is 32.2. The van der Waals surface area contributed by atoms with Gasteiger partial charge >= 0.3 is 0 Å². The molecule has 11 heteroatoms. The predicted molar refractivity (Wildman–Crippen MR) is 124 cm³/mol. The minimum absolute atomic E-state index is 0.184. The number of aliphatic hydroxyl groups excluding tert-OH is 1. The Labute approximate surface area is 194 Å². The summed E-state index contributed by atoms with van der Waals surface area (Å²) in [5.74, 6) is 0.986. The second kappa shape index (κ2) is 9.34. The summed E-state index contributed by atoms with van der Waals surface area (Å²) >= 11 is 0. The molecule has 10 nitrogen and oxygen atoms in total. The Morgan fingerprint density at radius 2 is 1.88 bits per heavy atom. The normalized spacial score (nSPS) is 16.9. The third kappa shape index (κ3) is 4.33. The van der Waals surface area contributed by atoms with Gasteiger partial charge in [-0.15, -0.1) is 5.10 Å². The minimum Gasteiger partial charge on any atom is -0.493 e. The van der Waals surface area contributed by atoms with Gasteiger partial charge in [-0.1, -0.05) is 6.92 Å². The molecule has 0 bridgehead atoms.